The van der Waals surface area contributed by atoms with Crippen LogP contribution in [0.15, 0.2) is 34.9 Å². The minimum atomic E-state index is -0.159. The Morgan fingerprint density at radius 1 is 1.26 bits per heavy atom. The van der Waals surface area contributed by atoms with E-state index >= 15 is 0 Å². The van der Waals surface area contributed by atoms with Crippen molar-refractivity contribution in [3.63, 3.8) is 0 Å². The Labute approximate surface area is 158 Å². The Hall–Kier alpha value is -2.67. The van der Waals surface area contributed by atoms with Crippen molar-refractivity contribution < 1.29 is 14.1 Å². The molecule has 27 heavy (non-hydrogen) atoms. The maximum Gasteiger partial charge on any atom is 0.292 e. The van der Waals surface area contributed by atoms with Gasteiger partial charge in [-0.2, -0.15) is 0 Å². The van der Waals surface area contributed by atoms with Crippen LogP contribution in [0.5, 0.6) is 0 Å². The number of hydrogen-bond donors (Lipinski definition) is 1. The van der Waals surface area contributed by atoms with Gasteiger partial charge in [0.1, 0.15) is 5.69 Å². The second-order valence-electron chi connectivity index (χ2n) is 7.25. The predicted octanol–water partition coefficient (Wildman–Crippen LogP) is 1.69. The lowest BCUT2D eigenvalue weighted by molar-refractivity contribution is -0.135. The molecule has 2 aromatic rings. The largest absolute Gasteiger partial charge is 0.350 e. The first kappa shape index (κ1) is 17.7. The number of piperazine rings is 1. The zero-order valence-corrected chi connectivity index (χ0v) is 15.5. The SMILES string of the molecule is Cc1ccc(-c2cc(C(=O)N3CCCC(N4CCNCC4=O)C3)on2)cc1. The first-order chi connectivity index (χ1) is 13.1. The normalized spacial score (nSPS) is 20.8. The lowest BCUT2D eigenvalue weighted by Crippen LogP contribution is -2.57. The lowest BCUT2D eigenvalue weighted by Gasteiger charge is -2.40. The number of aryl methyl sites for hydroxylation is 1. The number of amides is 2. The van der Waals surface area contributed by atoms with E-state index in [9.17, 15) is 9.59 Å². The number of aromatic nitrogens is 1. The molecule has 1 aromatic carbocycles. The van der Waals surface area contributed by atoms with Gasteiger partial charge >= 0.3 is 0 Å². The van der Waals surface area contributed by atoms with Crippen molar-refractivity contribution in [3.05, 3.63) is 41.7 Å². The maximum atomic E-state index is 12.9. The van der Waals surface area contributed by atoms with Crippen LogP contribution in [0.3, 0.4) is 0 Å². The van der Waals surface area contributed by atoms with Crippen LogP contribution in [0.4, 0.5) is 0 Å². The fourth-order valence-electron chi connectivity index (χ4n) is 3.79. The number of benzene rings is 1. The van der Waals surface area contributed by atoms with Crippen LogP contribution in [-0.2, 0) is 4.79 Å². The molecule has 2 fully saturated rings. The highest BCUT2D eigenvalue weighted by Gasteiger charge is 2.33. The van der Waals surface area contributed by atoms with Gasteiger partial charge in [-0.3, -0.25) is 9.59 Å². The summed E-state index contributed by atoms with van der Waals surface area (Å²) < 4.78 is 5.33. The molecule has 0 bridgehead atoms. The van der Waals surface area contributed by atoms with Crippen molar-refractivity contribution in [1.82, 2.24) is 20.3 Å². The van der Waals surface area contributed by atoms with Gasteiger partial charge in [-0.25, -0.2) is 0 Å². The molecular formula is C20H24N4O3. The summed E-state index contributed by atoms with van der Waals surface area (Å²) in [5, 5.41) is 7.15. The number of carbonyl (C=O) groups is 2. The molecule has 1 atom stereocenters. The molecule has 0 spiro atoms. The third kappa shape index (κ3) is 3.73. The van der Waals surface area contributed by atoms with Gasteiger partial charge in [0.15, 0.2) is 0 Å². The fraction of sp³-hybridized carbons (Fsp3) is 0.450. The molecule has 2 saturated heterocycles. The summed E-state index contributed by atoms with van der Waals surface area (Å²) in [7, 11) is 0. The summed E-state index contributed by atoms with van der Waals surface area (Å²) in [6, 6.07) is 9.72. The van der Waals surface area contributed by atoms with E-state index in [1.807, 2.05) is 36.1 Å². The molecule has 4 rings (SSSR count). The molecule has 2 aliphatic rings. The highest BCUT2D eigenvalue weighted by molar-refractivity contribution is 5.92. The van der Waals surface area contributed by atoms with Crippen molar-refractivity contribution >= 4 is 11.8 Å². The Balaban J connectivity index is 1.46. The zero-order valence-electron chi connectivity index (χ0n) is 15.5. The van der Waals surface area contributed by atoms with Gasteiger partial charge in [0.2, 0.25) is 11.7 Å². The molecule has 1 aromatic heterocycles. The number of nitrogens with one attached hydrogen (secondary N) is 1. The van der Waals surface area contributed by atoms with Gasteiger partial charge < -0.3 is 19.6 Å². The smallest absolute Gasteiger partial charge is 0.292 e. The van der Waals surface area contributed by atoms with Crippen LogP contribution in [0.25, 0.3) is 11.3 Å². The van der Waals surface area contributed by atoms with Crippen LogP contribution in [-0.4, -0.2) is 65.5 Å². The standard InChI is InChI=1S/C20H24N4O3/c1-14-4-6-15(7-5-14)17-11-18(27-22-17)20(26)23-9-2-3-16(13-23)24-10-8-21-12-19(24)25/h4-7,11,16,21H,2-3,8-10,12-13H2,1H3. The van der Waals surface area contributed by atoms with Gasteiger partial charge in [0.25, 0.3) is 5.91 Å². The summed E-state index contributed by atoms with van der Waals surface area (Å²) in [5.41, 5.74) is 2.75. The Morgan fingerprint density at radius 3 is 2.85 bits per heavy atom. The van der Waals surface area contributed by atoms with Crippen molar-refractivity contribution in [2.24, 2.45) is 0 Å². The summed E-state index contributed by atoms with van der Waals surface area (Å²) >= 11 is 0. The maximum absolute atomic E-state index is 12.9. The highest BCUT2D eigenvalue weighted by Crippen LogP contribution is 2.23. The van der Waals surface area contributed by atoms with Crippen LogP contribution in [0.2, 0.25) is 0 Å². The molecule has 3 heterocycles. The van der Waals surface area contributed by atoms with Crippen molar-refractivity contribution in [1.29, 1.82) is 0 Å². The van der Waals surface area contributed by atoms with Crippen molar-refractivity contribution in [3.8, 4) is 11.3 Å². The van der Waals surface area contributed by atoms with E-state index < -0.39 is 0 Å². The predicted molar refractivity (Wildman–Crippen MR) is 100 cm³/mol. The average Bonchev–Trinajstić information content (AvgIpc) is 3.18. The number of hydrogen-bond acceptors (Lipinski definition) is 5. The van der Waals surface area contributed by atoms with Gasteiger partial charge in [-0.05, 0) is 19.8 Å². The molecule has 2 aliphatic heterocycles. The summed E-state index contributed by atoms with van der Waals surface area (Å²) in [4.78, 5) is 28.7. The van der Waals surface area contributed by atoms with E-state index in [0.717, 1.165) is 24.9 Å². The zero-order chi connectivity index (χ0) is 18.8. The van der Waals surface area contributed by atoms with Crippen LogP contribution in [0, 0.1) is 6.92 Å². The van der Waals surface area contributed by atoms with Gasteiger partial charge in [0, 0.05) is 43.9 Å². The third-order valence-electron chi connectivity index (χ3n) is 5.32. The molecule has 0 radical (unpaired) electrons. The Bertz CT molecular complexity index is 830. The monoisotopic (exact) mass is 368 g/mol. The average molecular weight is 368 g/mol. The second kappa shape index (κ2) is 7.52. The molecule has 2 amide bonds. The van der Waals surface area contributed by atoms with E-state index in [2.05, 4.69) is 10.5 Å². The molecule has 1 N–H and O–H groups in total. The van der Waals surface area contributed by atoms with E-state index in [1.54, 1.807) is 11.0 Å². The minimum Gasteiger partial charge on any atom is -0.350 e. The van der Waals surface area contributed by atoms with Gasteiger partial charge in [0.05, 0.1) is 6.54 Å². The molecule has 7 nitrogen and oxygen atoms in total. The van der Waals surface area contributed by atoms with E-state index in [1.165, 1.54) is 5.56 Å². The van der Waals surface area contributed by atoms with E-state index in [-0.39, 0.29) is 23.6 Å². The third-order valence-corrected chi connectivity index (χ3v) is 5.32. The van der Waals surface area contributed by atoms with E-state index in [4.69, 9.17) is 4.52 Å². The Morgan fingerprint density at radius 2 is 2.07 bits per heavy atom. The summed E-state index contributed by atoms with van der Waals surface area (Å²) in [6.07, 6.45) is 1.81. The number of piperidine rings is 1. The van der Waals surface area contributed by atoms with Crippen LogP contribution >= 0.6 is 0 Å². The number of rotatable bonds is 3. The molecule has 7 heteroatoms. The van der Waals surface area contributed by atoms with Crippen LogP contribution < -0.4 is 5.32 Å². The van der Waals surface area contributed by atoms with Crippen molar-refractivity contribution in [2.75, 3.05) is 32.7 Å². The molecule has 142 valence electrons. The fourth-order valence-corrected chi connectivity index (χ4v) is 3.79. The molecular weight excluding hydrogens is 344 g/mol. The first-order valence-corrected chi connectivity index (χ1v) is 9.45. The van der Waals surface area contributed by atoms with Gasteiger partial charge in [-0.1, -0.05) is 35.0 Å². The first-order valence-electron chi connectivity index (χ1n) is 9.45. The molecule has 1 unspecified atom stereocenters. The van der Waals surface area contributed by atoms with Crippen LogP contribution in [0.1, 0.15) is 29.0 Å². The van der Waals surface area contributed by atoms with E-state index in [0.29, 0.717) is 31.9 Å². The molecule has 0 aliphatic carbocycles. The topological polar surface area (TPSA) is 78.7 Å². The second-order valence-corrected chi connectivity index (χ2v) is 7.25. The quantitative estimate of drug-likeness (QED) is 0.892. The number of carbonyl (C=O) groups excluding carboxylic acids is 2. The highest BCUT2D eigenvalue weighted by atomic mass is 16.5. The molecule has 0 saturated carbocycles. The summed E-state index contributed by atoms with van der Waals surface area (Å²) in [6.45, 7) is 5.13. The number of nitrogens with zero attached hydrogens (tertiary/aromatic N) is 3. The van der Waals surface area contributed by atoms with Crippen molar-refractivity contribution in [2.45, 2.75) is 25.8 Å². The number of likely N-dealkylation sites (tertiary alicyclic amines) is 1. The lowest BCUT2D eigenvalue weighted by atomic mass is 10.0. The summed E-state index contributed by atoms with van der Waals surface area (Å²) in [5.74, 6) is 0.202. The Kier molecular flexibility index (Phi) is 4.94. The van der Waals surface area contributed by atoms with Gasteiger partial charge in [-0.15, -0.1) is 0 Å². The minimum absolute atomic E-state index is 0.0804.